The van der Waals surface area contributed by atoms with E-state index >= 15 is 0 Å². The van der Waals surface area contributed by atoms with Crippen LogP contribution in [-0.2, 0) is 26.0 Å². The quantitative estimate of drug-likeness (QED) is 0.359. The highest BCUT2D eigenvalue weighted by molar-refractivity contribution is 7.89. The van der Waals surface area contributed by atoms with Gasteiger partial charge in [0.25, 0.3) is 5.91 Å². The molecule has 9 nitrogen and oxygen atoms in total. The van der Waals surface area contributed by atoms with E-state index in [1.165, 1.54) is 47.0 Å². The molecule has 1 saturated heterocycles. The smallest absolute Gasteiger partial charge is 0.337 e. The third kappa shape index (κ3) is 5.19. The van der Waals surface area contributed by atoms with Crippen molar-refractivity contribution < 1.29 is 27.5 Å². The fourth-order valence-corrected chi connectivity index (χ4v) is 6.77. The number of methoxy groups -OCH3 is 1. The Hall–Kier alpha value is -3.12. The van der Waals surface area contributed by atoms with Gasteiger partial charge in [0.15, 0.2) is 4.80 Å². The maximum Gasteiger partial charge on any atom is 0.337 e. The first kappa shape index (κ1) is 26.0. The van der Waals surface area contributed by atoms with Crippen LogP contribution in [-0.4, -0.2) is 61.6 Å². The summed E-state index contributed by atoms with van der Waals surface area (Å²) in [6.45, 7) is 8.41. The first-order valence-corrected chi connectivity index (χ1v) is 13.6. The van der Waals surface area contributed by atoms with Crippen molar-refractivity contribution >= 4 is 43.5 Å². The van der Waals surface area contributed by atoms with Gasteiger partial charge in [-0.25, -0.2) is 13.2 Å². The molecule has 0 bridgehead atoms. The number of fused-ring (bicyclic) bond motifs is 1. The zero-order valence-electron chi connectivity index (χ0n) is 20.2. The minimum absolute atomic E-state index is 0.110. The molecule has 0 N–H and O–H groups in total. The Morgan fingerprint density at radius 1 is 1.14 bits per heavy atom. The number of benzene rings is 2. The number of rotatable bonds is 6. The molecule has 0 aliphatic carbocycles. The highest BCUT2D eigenvalue weighted by Crippen LogP contribution is 2.23. The molecule has 3 aromatic rings. The number of carbonyl (C=O) groups is 2. The summed E-state index contributed by atoms with van der Waals surface area (Å²) in [7, 11) is -2.40. The maximum atomic E-state index is 13.1. The van der Waals surface area contributed by atoms with E-state index < -0.39 is 21.9 Å². The predicted octanol–water partition coefficient (Wildman–Crippen LogP) is 3.21. The number of hydrogen-bond donors (Lipinski definition) is 0. The van der Waals surface area contributed by atoms with Gasteiger partial charge < -0.3 is 14.0 Å². The van der Waals surface area contributed by atoms with E-state index in [0.717, 1.165) is 10.2 Å². The van der Waals surface area contributed by atoms with Crippen LogP contribution in [0.5, 0.6) is 0 Å². The number of aromatic nitrogens is 1. The first-order chi connectivity index (χ1) is 17.1. The van der Waals surface area contributed by atoms with Crippen molar-refractivity contribution in [1.29, 1.82) is 0 Å². The van der Waals surface area contributed by atoms with E-state index in [9.17, 15) is 18.0 Å². The van der Waals surface area contributed by atoms with Gasteiger partial charge in [0.2, 0.25) is 10.0 Å². The van der Waals surface area contributed by atoms with Crippen molar-refractivity contribution in [3.8, 4) is 0 Å². The lowest BCUT2D eigenvalue weighted by atomic mass is 10.2. The van der Waals surface area contributed by atoms with E-state index in [-0.39, 0.29) is 35.8 Å². The number of ether oxygens (including phenoxy) is 2. The molecular formula is C25H27N3O6S2. The average molecular weight is 530 g/mol. The van der Waals surface area contributed by atoms with Gasteiger partial charge in [0.05, 0.1) is 40.0 Å². The van der Waals surface area contributed by atoms with E-state index in [0.29, 0.717) is 16.9 Å². The van der Waals surface area contributed by atoms with Crippen molar-refractivity contribution in [1.82, 2.24) is 8.87 Å². The minimum Gasteiger partial charge on any atom is -0.465 e. The van der Waals surface area contributed by atoms with Gasteiger partial charge in [-0.1, -0.05) is 17.4 Å². The van der Waals surface area contributed by atoms with Crippen LogP contribution in [0.2, 0.25) is 0 Å². The second-order valence-electron chi connectivity index (χ2n) is 8.48. The van der Waals surface area contributed by atoms with Gasteiger partial charge in [-0.3, -0.25) is 4.79 Å². The number of esters is 1. The first-order valence-electron chi connectivity index (χ1n) is 11.3. The molecule has 0 radical (unpaired) electrons. The van der Waals surface area contributed by atoms with Crippen LogP contribution < -0.4 is 4.80 Å². The summed E-state index contributed by atoms with van der Waals surface area (Å²) in [4.78, 5) is 29.7. The average Bonchev–Trinajstić information content (AvgIpc) is 3.19. The van der Waals surface area contributed by atoms with Crippen molar-refractivity contribution in [2.24, 2.45) is 4.99 Å². The standard InChI is InChI=1S/C25H27N3O6S2/c1-5-12-28-21-11-8-19(24(30)33-4)13-22(21)35-25(28)26-23(29)18-6-9-20(10-7-18)36(31,32)27-14-16(2)34-17(3)15-27/h5-11,13,16-17H,1,12,14-15H2,2-4H3. The fourth-order valence-electron chi connectivity index (χ4n) is 4.11. The lowest BCUT2D eigenvalue weighted by Gasteiger charge is -2.34. The van der Waals surface area contributed by atoms with Gasteiger partial charge >= 0.3 is 5.97 Å². The number of hydrogen-bond acceptors (Lipinski definition) is 7. The highest BCUT2D eigenvalue weighted by atomic mass is 32.2. The molecule has 2 heterocycles. The molecule has 1 aromatic heterocycles. The lowest BCUT2D eigenvalue weighted by molar-refractivity contribution is -0.0440. The second-order valence-corrected chi connectivity index (χ2v) is 11.4. The summed E-state index contributed by atoms with van der Waals surface area (Å²) < 4.78 is 40.6. The maximum absolute atomic E-state index is 13.1. The monoisotopic (exact) mass is 529 g/mol. The number of allylic oxidation sites excluding steroid dienone is 1. The summed E-state index contributed by atoms with van der Waals surface area (Å²) in [5.41, 5.74) is 1.46. The molecule has 0 saturated carbocycles. The Balaban J connectivity index is 1.65. The third-order valence-corrected chi connectivity index (χ3v) is 8.62. The largest absolute Gasteiger partial charge is 0.465 e. The number of morpholine rings is 1. The Kier molecular flexibility index (Phi) is 7.55. The van der Waals surface area contributed by atoms with Gasteiger partial charge in [-0.05, 0) is 56.3 Å². The van der Waals surface area contributed by atoms with Crippen LogP contribution in [0, 0.1) is 0 Å². The van der Waals surface area contributed by atoms with Gasteiger partial charge in [0.1, 0.15) is 0 Å². The molecule has 36 heavy (non-hydrogen) atoms. The van der Waals surface area contributed by atoms with Gasteiger partial charge in [-0.2, -0.15) is 9.30 Å². The van der Waals surface area contributed by atoms with Crippen LogP contribution >= 0.6 is 11.3 Å². The Labute approximate surface area is 213 Å². The molecule has 1 fully saturated rings. The zero-order chi connectivity index (χ0) is 26.0. The van der Waals surface area contributed by atoms with Gasteiger partial charge in [0, 0.05) is 25.2 Å². The summed E-state index contributed by atoms with van der Waals surface area (Å²) in [6.07, 6.45) is 1.29. The zero-order valence-corrected chi connectivity index (χ0v) is 21.8. The van der Waals surface area contributed by atoms with Crippen molar-refractivity contribution in [2.75, 3.05) is 20.2 Å². The summed E-state index contributed by atoms with van der Waals surface area (Å²) in [5, 5.41) is 0. The van der Waals surface area contributed by atoms with Crippen LogP contribution in [0.25, 0.3) is 10.2 Å². The topological polar surface area (TPSA) is 107 Å². The molecule has 0 spiro atoms. The second kappa shape index (κ2) is 10.5. The number of sulfonamides is 1. The molecular weight excluding hydrogens is 502 g/mol. The number of nitrogens with zero attached hydrogens (tertiary/aromatic N) is 3. The van der Waals surface area contributed by atoms with E-state index in [4.69, 9.17) is 9.47 Å². The fraction of sp³-hybridized carbons (Fsp3) is 0.320. The van der Waals surface area contributed by atoms with Crippen LogP contribution in [0.1, 0.15) is 34.6 Å². The summed E-state index contributed by atoms with van der Waals surface area (Å²) >= 11 is 1.26. The van der Waals surface area contributed by atoms with Crippen molar-refractivity contribution in [3.63, 3.8) is 0 Å². The molecule has 4 rings (SSSR count). The summed E-state index contributed by atoms with van der Waals surface area (Å²) in [6, 6.07) is 10.9. The molecule has 1 amide bonds. The molecule has 1 aliphatic rings. The molecule has 190 valence electrons. The SMILES string of the molecule is C=CCn1c(=NC(=O)c2ccc(S(=O)(=O)N3CC(C)OC(C)C3)cc2)sc2cc(C(=O)OC)ccc21. The normalized spacial score (nSPS) is 19.4. The molecule has 2 atom stereocenters. The third-order valence-electron chi connectivity index (χ3n) is 5.74. The minimum atomic E-state index is -3.71. The van der Waals surface area contributed by atoms with Crippen LogP contribution in [0.15, 0.2) is 65.0 Å². The Morgan fingerprint density at radius 2 is 1.78 bits per heavy atom. The van der Waals surface area contributed by atoms with Crippen LogP contribution in [0.4, 0.5) is 0 Å². The van der Waals surface area contributed by atoms with E-state index in [2.05, 4.69) is 11.6 Å². The summed E-state index contributed by atoms with van der Waals surface area (Å²) in [5.74, 6) is -0.962. The van der Waals surface area contributed by atoms with Gasteiger partial charge in [-0.15, -0.1) is 6.58 Å². The molecule has 1 aliphatic heterocycles. The molecule has 11 heteroatoms. The van der Waals surface area contributed by atoms with Crippen LogP contribution in [0.3, 0.4) is 0 Å². The molecule has 2 aromatic carbocycles. The van der Waals surface area contributed by atoms with E-state index in [1.807, 2.05) is 18.4 Å². The Bertz CT molecular complexity index is 1480. The number of amides is 1. The van der Waals surface area contributed by atoms with Crippen molar-refractivity contribution in [3.05, 3.63) is 71.0 Å². The lowest BCUT2D eigenvalue weighted by Crippen LogP contribution is -2.48. The van der Waals surface area contributed by atoms with E-state index in [1.54, 1.807) is 24.3 Å². The Morgan fingerprint density at radius 3 is 2.39 bits per heavy atom. The molecule has 2 unspecified atom stereocenters. The number of thiazole rings is 1. The predicted molar refractivity (Wildman–Crippen MR) is 136 cm³/mol. The number of carbonyl (C=O) groups excluding carboxylic acids is 2. The highest BCUT2D eigenvalue weighted by Gasteiger charge is 2.32. The van der Waals surface area contributed by atoms with Crippen molar-refractivity contribution in [2.45, 2.75) is 37.5 Å².